The first-order valence-electron chi connectivity index (χ1n) is 26.7. The summed E-state index contributed by atoms with van der Waals surface area (Å²) in [5, 5.41) is 0. The standard InChI is InChI=1S/C54H102O6/c1-4-7-10-13-16-19-22-25-27-29-32-34-37-40-43-46-52(55)58-49-51(60-54(57)48-45-42-39-36-31-24-21-18-15-12-9-6-3)50-59-53(56)47-44-41-38-35-33-30-28-26-23-20-17-14-11-8-5-2/h25,27,51H,4-24,26,28-50H2,1-3H3/b27-25-/t51-/m1/s1. The molecular formula is C54H102O6. The summed E-state index contributed by atoms with van der Waals surface area (Å²) in [5.41, 5.74) is 0. The predicted molar refractivity (Wildman–Crippen MR) is 256 cm³/mol. The quantitative estimate of drug-likeness (QED) is 0.0263. The smallest absolute Gasteiger partial charge is 0.306 e. The minimum absolute atomic E-state index is 0.0670. The van der Waals surface area contributed by atoms with Crippen LogP contribution in [0, 0.1) is 0 Å². The highest BCUT2D eigenvalue weighted by Gasteiger charge is 2.19. The summed E-state index contributed by atoms with van der Waals surface area (Å²) >= 11 is 0. The second-order valence-electron chi connectivity index (χ2n) is 18.2. The minimum Gasteiger partial charge on any atom is -0.462 e. The fraction of sp³-hybridized carbons (Fsp3) is 0.907. The van der Waals surface area contributed by atoms with Crippen LogP contribution in [0.3, 0.4) is 0 Å². The molecule has 6 heteroatoms. The van der Waals surface area contributed by atoms with E-state index in [-0.39, 0.29) is 31.1 Å². The van der Waals surface area contributed by atoms with Gasteiger partial charge in [-0.25, -0.2) is 0 Å². The lowest BCUT2D eigenvalue weighted by Crippen LogP contribution is -2.30. The third kappa shape index (κ3) is 47.2. The van der Waals surface area contributed by atoms with Crippen molar-refractivity contribution in [3.8, 4) is 0 Å². The van der Waals surface area contributed by atoms with Crippen molar-refractivity contribution in [2.24, 2.45) is 0 Å². The van der Waals surface area contributed by atoms with Gasteiger partial charge in [0.2, 0.25) is 0 Å². The molecule has 0 aromatic rings. The van der Waals surface area contributed by atoms with E-state index in [0.717, 1.165) is 64.2 Å². The lowest BCUT2D eigenvalue weighted by Gasteiger charge is -2.18. The molecule has 1 atom stereocenters. The maximum absolute atomic E-state index is 12.8. The van der Waals surface area contributed by atoms with Gasteiger partial charge in [0.15, 0.2) is 6.10 Å². The zero-order valence-corrected chi connectivity index (χ0v) is 40.5. The molecule has 0 unspecified atom stereocenters. The van der Waals surface area contributed by atoms with Crippen LogP contribution in [0.15, 0.2) is 12.2 Å². The fourth-order valence-electron chi connectivity index (χ4n) is 7.97. The Bertz CT molecular complexity index is 931. The van der Waals surface area contributed by atoms with Crippen LogP contribution in [-0.2, 0) is 28.6 Å². The van der Waals surface area contributed by atoms with Crippen LogP contribution in [0.4, 0.5) is 0 Å². The number of carbonyl (C=O) groups excluding carboxylic acids is 3. The molecule has 0 aliphatic rings. The van der Waals surface area contributed by atoms with Gasteiger partial charge in [-0.05, 0) is 44.9 Å². The van der Waals surface area contributed by atoms with E-state index in [4.69, 9.17) is 14.2 Å². The second-order valence-corrected chi connectivity index (χ2v) is 18.2. The van der Waals surface area contributed by atoms with Gasteiger partial charge in [0.05, 0.1) is 0 Å². The van der Waals surface area contributed by atoms with Gasteiger partial charge in [-0.1, -0.05) is 245 Å². The number of rotatable bonds is 49. The van der Waals surface area contributed by atoms with Crippen LogP contribution in [0.2, 0.25) is 0 Å². The number of allylic oxidation sites excluding steroid dienone is 2. The third-order valence-electron chi connectivity index (χ3n) is 12.0. The van der Waals surface area contributed by atoms with Gasteiger partial charge in [-0.3, -0.25) is 14.4 Å². The van der Waals surface area contributed by atoms with Crippen molar-refractivity contribution >= 4 is 17.9 Å². The molecule has 60 heavy (non-hydrogen) atoms. The van der Waals surface area contributed by atoms with Crippen molar-refractivity contribution < 1.29 is 28.6 Å². The molecule has 0 bridgehead atoms. The van der Waals surface area contributed by atoms with Gasteiger partial charge in [0, 0.05) is 19.3 Å². The number of carbonyl (C=O) groups is 3. The molecule has 0 saturated heterocycles. The Balaban J connectivity index is 4.32. The van der Waals surface area contributed by atoms with Gasteiger partial charge < -0.3 is 14.2 Å². The Hall–Kier alpha value is -1.85. The van der Waals surface area contributed by atoms with Crippen molar-refractivity contribution in [2.75, 3.05) is 13.2 Å². The first-order valence-corrected chi connectivity index (χ1v) is 26.7. The molecule has 0 aromatic carbocycles. The number of hydrogen-bond acceptors (Lipinski definition) is 6. The number of hydrogen-bond donors (Lipinski definition) is 0. The first kappa shape index (κ1) is 58.1. The summed E-state index contributed by atoms with van der Waals surface area (Å²) in [4.78, 5) is 38.0. The Labute approximate surface area is 373 Å². The molecule has 6 nitrogen and oxygen atoms in total. The van der Waals surface area contributed by atoms with E-state index in [9.17, 15) is 14.4 Å². The largest absolute Gasteiger partial charge is 0.462 e. The summed E-state index contributed by atoms with van der Waals surface area (Å²) < 4.78 is 16.8. The van der Waals surface area contributed by atoms with Crippen molar-refractivity contribution in [2.45, 2.75) is 303 Å². The lowest BCUT2D eigenvalue weighted by atomic mass is 10.0. The van der Waals surface area contributed by atoms with E-state index in [1.165, 1.54) is 193 Å². The van der Waals surface area contributed by atoms with Crippen molar-refractivity contribution in [3.05, 3.63) is 12.2 Å². The van der Waals surface area contributed by atoms with E-state index in [0.29, 0.717) is 19.3 Å². The van der Waals surface area contributed by atoms with Gasteiger partial charge >= 0.3 is 17.9 Å². The summed E-state index contributed by atoms with van der Waals surface area (Å²) in [6.45, 7) is 6.66. The Morgan fingerprint density at radius 2 is 0.550 bits per heavy atom. The SMILES string of the molecule is CCCCCCCC/C=C\CCCCCCCC(=O)OC[C@H](COC(=O)CCCCCCCCCCCCCCCCC)OC(=O)CCCCCCCCCCCCCC. The molecule has 0 N–H and O–H groups in total. The van der Waals surface area contributed by atoms with Crippen molar-refractivity contribution in [3.63, 3.8) is 0 Å². The van der Waals surface area contributed by atoms with Crippen LogP contribution >= 0.6 is 0 Å². The summed E-state index contributed by atoms with van der Waals surface area (Å²) in [5.74, 6) is -0.857. The average Bonchev–Trinajstić information content (AvgIpc) is 3.24. The van der Waals surface area contributed by atoms with Gasteiger partial charge in [-0.15, -0.1) is 0 Å². The Morgan fingerprint density at radius 3 is 0.833 bits per heavy atom. The van der Waals surface area contributed by atoms with Crippen LogP contribution in [-0.4, -0.2) is 37.2 Å². The summed E-state index contributed by atoms with van der Waals surface area (Å²) in [6.07, 6.45) is 54.8. The minimum atomic E-state index is -0.766. The molecule has 0 amide bonds. The van der Waals surface area contributed by atoms with E-state index in [2.05, 4.69) is 32.9 Å². The zero-order chi connectivity index (χ0) is 43.7. The Kier molecular flexibility index (Phi) is 48.3. The molecule has 0 heterocycles. The average molecular weight is 847 g/mol. The van der Waals surface area contributed by atoms with Crippen molar-refractivity contribution in [1.29, 1.82) is 0 Å². The monoisotopic (exact) mass is 847 g/mol. The highest BCUT2D eigenvalue weighted by atomic mass is 16.6. The molecule has 0 aliphatic heterocycles. The van der Waals surface area contributed by atoms with E-state index >= 15 is 0 Å². The zero-order valence-electron chi connectivity index (χ0n) is 40.5. The molecular weight excluding hydrogens is 745 g/mol. The number of esters is 3. The lowest BCUT2D eigenvalue weighted by molar-refractivity contribution is -0.167. The predicted octanol–water partition coefficient (Wildman–Crippen LogP) is 17.4. The highest BCUT2D eigenvalue weighted by Crippen LogP contribution is 2.16. The summed E-state index contributed by atoms with van der Waals surface area (Å²) in [7, 11) is 0. The third-order valence-corrected chi connectivity index (χ3v) is 12.0. The maximum Gasteiger partial charge on any atom is 0.306 e. The molecule has 354 valence electrons. The van der Waals surface area contributed by atoms with Crippen molar-refractivity contribution in [1.82, 2.24) is 0 Å². The van der Waals surface area contributed by atoms with E-state index in [1.807, 2.05) is 0 Å². The number of ether oxygens (including phenoxy) is 3. The van der Waals surface area contributed by atoms with Crippen LogP contribution < -0.4 is 0 Å². The topological polar surface area (TPSA) is 78.9 Å². The van der Waals surface area contributed by atoms with E-state index < -0.39 is 6.10 Å². The molecule has 0 saturated carbocycles. The number of unbranched alkanes of at least 4 members (excludes halogenated alkanes) is 36. The maximum atomic E-state index is 12.8. The molecule has 0 fully saturated rings. The normalized spacial score (nSPS) is 12.0. The fourth-order valence-corrected chi connectivity index (χ4v) is 7.97. The molecule has 0 spiro atoms. The second kappa shape index (κ2) is 49.8. The molecule has 0 aliphatic carbocycles. The summed E-state index contributed by atoms with van der Waals surface area (Å²) in [6, 6.07) is 0. The van der Waals surface area contributed by atoms with Crippen LogP contribution in [0.25, 0.3) is 0 Å². The molecule has 0 aromatic heterocycles. The van der Waals surface area contributed by atoms with Crippen LogP contribution in [0.1, 0.15) is 297 Å². The van der Waals surface area contributed by atoms with Crippen LogP contribution in [0.5, 0.6) is 0 Å². The first-order chi connectivity index (χ1) is 29.5. The highest BCUT2D eigenvalue weighted by molar-refractivity contribution is 5.71. The molecule has 0 rings (SSSR count). The van der Waals surface area contributed by atoms with Gasteiger partial charge in [-0.2, -0.15) is 0 Å². The van der Waals surface area contributed by atoms with Gasteiger partial charge in [0.25, 0.3) is 0 Å². The van der Waals surface area contributed by atoms with E-state index in [1.54, 1.807) is 0 Å². The Morgan fingerprint density at radius 1 is 0.317 bits per heavy atom. The van der Waals surface area contributed by atoms with Gasteiger partial charge in [0.1, 0.15) is 13.2 Å². The molecule has 0 radical (unpaired) electrons.